The van der Waals surface area contributed by atoms with Gasteiger partial charge in [0.1, 0.15) is 0 Å². The Kier molecular flexibility index (Phi) is 5.65. The summed E-state index contributed by atoms with van der Waals surface area (Å²) in [6.07, 6.45) is 0. The zero-order chi connectivity index (χ0) is 20.3. The van der Waals surface area contributed by atoms with Crippen LogP contribution in [0.25, 0.3) is 0 Å². The molecule has 2 aromatic rings. The molecular weight excluding hydrogens is 384 g/mol. The van der Waals surface area contributed by atoms with Gasteiger partial charge in [-0.15, -0.1) is 0 Å². The molecule has 2 aromatic carbocycles. The van der Waals surface area contributed by atoms with Crippen molar-refractivity contribution in [1.29, 1.82) is 0 Å². The molecule has 1 saturated heterocycles. The molecule has 28 heavy (non-hydrogen) atoms. The number of carbonyl (C=O) groups is 4. The number of thioether (sulfide) groups is 1. The topological polar surface area (TPSA) is 116 Å². The maximum Gasteiger partial charge on any atom is 0.337 e. The molecule has 1 N–H and O–H groups in total. The van der Waals surface area contributed by atoms with Crippen LogP contribution >= 0.6 is 11.8 Å². The van der Waals surface area contributed by atoms with Crippen LogP contribution in [-0.2, 0) is 16.1 Å². The second-order valence-electron chi connectivity index (χ2n) is 5.89. The van der Waals surface area contributed by atoms with Gasteiger partial charge in [-0.25, -0.2) is 4.79 Å². The lowest BCUT2D eigenvalue weighted by Crippen LogP contribution is -2.34. The predicted octanol–water partition coefficient (Wildman–Crippen LogP) is 1.47. The van der Waals surface area contributed by atoms with E-state index in [0.29, 0.717) is 16.8 Å². The van der Waals surface area contributed by atoms with Crippen LogP contribution in [0.3, 0.4) is 0 Å². The summed E-state index contributed by atoms with van der Waals surface area (Å²) >= 11 is 0.797. The predicted molar refractivity (Wildman–Crippen MR) is 99.5 cm³/mol. The third kappa shape index (κ3) is 4.15. The van der Waals surface area contributed by atoms with E-state index in [1.165, 1.54) is 25.3 Å². The Hall–Kier alpha value is -3.33. The Labute approximate surface area is 164 Å². The Balaban J connectivity index is 1.73. The summed E-state index contributed by atoms with van der Waals surface area (Å²) in [6, 6.07) is 12.3. The van der Waals surface area contributed by atoms with E-state index in [-0.39, 0.29) is 12.1 Å². The van der Waals surface area contributed by atoms with Gasteiger partial charge in [0.05, 0.1) is 25.2 Å². The molecule has 1 aliphatic heterocycles. The molecule has 0 saturated carbocycles. The van der Waals surface area contributed by atoms with Gasteiger partial charge in [0.2, 0.25) is 0 Å². The third-order valence-corrected chi connectivity index (χ3v) is 4.99. The van der Waals surface area contributed by atoms with E-state index in [2.05, 4.69) is 10.1 Å². The van der Waals surface area contributed by atoms with Gasteiger partial charge in [-0.3, -0.25) is 14.5 Å². The van der Waals surface area contributed by atoms with Crippen LogP contribution < -0.4 is 10.4 Å². The average molecular weight is 399 g/mol. The van der Waals surface area contributed by atoms with Crippen LogP contribution in [0.4, 0.5) is 10.5 Å². The van der Waals surface area contributed by atoms with Crippen LogP contribution in [0.1, 0.15) is 26.3 Å². The van der Waals surface area contributed by atoms with E-state index in [0.717, 1.165) is 16.7 Å². The van der Waals surface area contributed by atoms with Crippen molar-refractivity contribution in [2.75, 3.05) is 12.4 Å². The van der Waals surface area contributed by atoms with Crippen molar-refractivity contribution < 1.29 is 29.0 Å². The van der Waals surface area contributed by atoms with E-state index in [1.807, 2.05) is 0 Å². The molecule has 0 spiro atoms. The second-order valence-corrected chi connectivity index (χ2v) is 6.95. The number of imide groups is 1. The van der Waals surface area contributed by atoms with Crippen LogP contribution in [0.5, 0.6) is 0 Å². The summed E-state index contributed by atoms with van der Waals surface area (Å²) in [6.45, 7) is 0.00671. The largest absolute Gasteiger partial charge is 0.545 e. The first kappa shape index (κ1) is 19.4. The van der Waals surface area contributed by atoms with Crippen molar-refractivity contribution in [3.63, 3.8) is 0 Å². The van der Waals surface area contributed by atoms with Gasteiger partial charge in [-0.05, 0) is 47.2 Å². The number of esters is 1. The summed E-state index contributed by atoms with van der Waals surface area (Å²) in [7, 11) is 1.27. The van der Waals surface area contributed by atoms with Gasteiger partial charge in [0.25, 0.3) is 11.1 Å². The number of ether oxygens (including phenoxy) is 1. The average Bonchev–Trinajstić information content (AvgIpc) is 2.95. The fraction of sp³-hybridized carbons (Fsp3) is 0.158. The van der Waals surface area contributed by atoms with Crippen molar-refractivity contribution in [3.05, 3.63) is 65.2 Å². The summed E-state index contributed by atoms with van der Waals surface area (Å²) in [5, 5.41) is 12.5. The maximum atomic E-state index is 12.6. The minimum absolute atomic E-state index is 0.00671. The quantitative estimate of drug-likeness (QED) is 0.726. The molecular formula is C19H15N2O6S-. The number of nitrogens with zero attached hydrogens (tertiary/aromatic N) is 1. The summed E-state index contributed by atoms with van der Waals surface area (Å²) in [5.41, 5.74) is 1.27. The minimum atomic E-state index is -1.34. The number of carboxylic acid groups (broad SMARTS) is 1. The molecule has 0 aromatic heterocycles. The Morgan fingerprint density at radius 2 is 1.86 bits per heavy atom. The van der Waals surface area contributed by atoms with Crippen molar-refractivity contribution in [2.45, 2.75) is 11.9 Å². The molecule has 1 atom stereocenters. The first-order valence-electron chi connectivity index (χ1n) is 8.16. The molecule has 1 fully saturated rings. The van der Waals surface area contributed by atoms with Crippen molar-refractivity contribution >= 4 is 40.5 Å². The zero-order valence-corrected chi connectivity index (χ0v) is 15.5. The SMILES string of the molecule is COC(=O)c1cccc(CN2C(=O)S[C@@H](Nc3cccc(C(=O)[O-])c3)C2=O)c1. The molecule has 9 heteroatoms. The number of methoxy groups -OCH3 is 1. The summed E-state index contributed by atoms with van der Waals surface area (Å²) in [5.74, 6) is -2.31. The smallest absolute Gasteiger partial charge is 0.337 e. The van der Waals surface area contributed by atoms with Crippen LogP contribution in [0.2, 0.25) is 0 Å². The number of carboxylic acids is 1. The fourth-order valence-corrected chi connectivity index (χ4v) is 3.57. The van der Waals surface area contributed by atoms with Crippen LogP contribution in [0, 0.1) is 0 Å². The third-order valence-electron chi connectivity index (χ3n) is 4.01. The Bertz CT molecular complexity index is 961. The summed E-state index contributed by atoms with van der Waals surface area (Å²) in [4.78, 5) is 48.5. The lowest BCUT2D eigenvalue weighted by molar-refractivity contribution is -0.255. The number of amides is 2. The molecule has 0 bridgehead atoms. The Morgan fingerprint density at radius 3 is 2.57 bits per heavy atom. The van der Waals surface area contributed by atoms with Gasteiger partial charge < -0.3 is 20.0 Å². The lowest BCUT2D eigenvalue weighted by atomic mass is 10.1. The monoisotopic (exact) mass is 399 g/mol. The van der Waals surface area contributed by atoms with Crippen LogP contribution in [0.15, 0.2) is 48.5 Å². The first-order valence-corrected chi connectivity index (χ1v) is 9.04. The highest BCUT2D eigenvalue weighted by atomic mass is 32.2. The molecule has 8 nitrogen and oxygen atoms in total. The Morgan fingerprint density at radius 1 is 1.14 bits per heavy atom. The van der Waals surface area contributed by atoms with Gasteiger partial charge in [0, 0.05) is 5.69 Å². The number of nitrogens with one attached hydrogen (secondary N) is 1. The van der Waals surface area contributed by atoms with E-state index in [9.17, 15) is 24.3 Å². The number of rotatable bonds is 6. The molecule has 1 heterocycles. The highest BCUT2D eigenvalue weighted by molar-refractivity contribution is 8.15. The number of hydrogen-bond donors (Lipinski definition) is 1. The van der Waals surface area contributed by atoms with Gasteiger partial charge in [-0.1, -0.05) is 24.3 Å². The van der Waals surface area contributed by atoms with E-state index in [4.69, 9.17) is 0 Å². The first-order chi connectivity index (χ1) is 13.4. The molecule has 144 valence electrons. The number of anilines is 1. The number of carbonyl (C=O) groups excluding carboxylic acids is 4. The van der Waals surface area contributed by atoms with Gasteiger partial charge in [0.15, 0.2) is 5.37 Å². The van der Waals surface area contributed by atoms with E-state index >= 15 is 0 Å². The lowest BCUT2D eigenvalue weighted by Gasteiger charge is -2.16. The molecule has 3 rings (SSSR count). The van der Waals surface area contributed by atoms with Crippen LogP contribution in [-0.4, -0.2) is 40.5 Å². The highest BCUT2D eigenvalue weighted by Crippen LogP contribution is 2.30. The van der Waals surface area contributed by atoms with Gasteiger partial charge in [-0.2, -0.15) is 0 Å². The van der Waals surface area contributed by atoms with Crippen molar-refractivity contribution in [1.82, 2.24) is 4.90 Å². The standard InChI is InChI=1S/C19H16N2O6S/c1-27-18(25)13-6-2-4-11(8-13)10-21-16(22)15(28-19(21)26)20-14-7-3-5-12(9-14)17(23)24/h2-9,15,20H,10H2,1H3,(H,23,24)/p-1/t15-/m1/s1. The molecule has 0 aliphatic carbocycles. The molecule has 0 unspecified atom stereocenters. The molecule has 0 radical (unpaired) electrons. The van der Waals surface area contributed by atoms with Crippen molar-refractivity contribution in [2.24, 2.45) is 0 Å². The second kappa shape index (κ2) is 8.13. The van der Waals surface area contributed by atoms with E-state index in [1.54, 1.807) is 30.3 Å². The zero-order valence-electron chi connectivity index (χ0n) is 14.7. The van der Waals surface area contributed by atoms with Gasteiger partial charge >= 0.3 is 5.97 Å². The molecule has 1 aliphatic rings. The highest BCUT2D eigenvalue weighted by Gasteiger charge is 2.39. The number of hydrogen-bond acceptors (Lipinski definition) is 8. The van der Waals surface area contributed by atoms with Crippen molar-refractivity contribution in [3.8, 4) is 0 Å². The number of benzene rings is 2. The minimum Gasteiger partial charge on any atom is -0.545 e. The maximum absolute atomic E-state index is 12.6. The normalized spacial score (nSPS) is 16.2. The fourth-order valence-electron chi connectivity index (χ4n) is 2.66. The number of aromatic carboxylic acids is 1. The summed E-state index contributed by atoms with van der Waals surface area (Å²) < 4.78 is 4.67. The van der Waals surface area contributed by atoms with E-state index < -0.39 is 28.5 Å². The molecule has 2 amide bonds.